The molecular formula is C20H21ClF2N4O. The van der Waals surface area contributed by atoms with Gasteiger partial charge in [-0.25, -0.2) is 15.0 Å². The van der Waals surface area contributed by atoms with E-state index in [9.17, 15) is 8.78 Å². The van der Waals surface area contributed by atoms with E-state index in [0.29, 0.717) is 23.2 Å². The number of nitrogens with zero attached hydrogens (tertiary/aromatic N) is 4. The van der Waals surface area contributed by atoms with Crippen LogP contribution < -0.4 is 4.90 Å². The van der Waals surface area contributed by atoms with Crippen LogP contribution in [0.15, 0.2) is 18.3 Å². The van der Waals surface area contributed by atoms with Gasteiger partial charge in [-0.05, 0) is 31.7 Å². The number of hydrogen-bond donors (Lipinski definition) is 0. The third-order valence-electron chi connectivity index (χ3n) is 6.27. The van der Waals surface area contributed by atoms with Gasteiger partial charge in [0, 0.05) is 55.4 Å². The Morgan fingerprint density at radius 2 is 2.00 bits per heavy atom. The minimum atomic E-state index is -3.11. The Bertz CT molecular complexity index is 938. The lowest BCUT2D eigenvalue weighted by atomic mass is 9.80. The standard InChI is InChI=1S/C20H21ClF2N4O/c1-19(22,23)18-25-14(11-5-12(6-11)28-2)7-17(26-18)27-10-20(3-4-20)13-9-24-16(21)8-15(13)27/h7-9,11-12H,3-6,10H2,1-2H3. The van der Waals surface area contributed by atoms with Gasteiger partial charge in [0.05, 0.1) is 11.8 Å². The highest BCUT2D eigenvalue weighted by atomic mass is 35.5. The van der Waals surface area contributed by atoms with Gasteiger partial charge in [0.25, 0.3) is 0 Å². The SMILES string of the molecule is COC1CC(c2cc(N3CC4(CC4)c4cnc(Cl)cc43)nc(C(C)(F)F)n2)C1. The van der Waals surface area contributed by atoms with Crippen LogP contribution in [0.4, 0.5) is 20.3 Å². The summed E-state index contributed by atoms with van der Waals surface area (Å²) in [4.78, 5) is 14.7. The summed E-state index contributed by atoms with van der Waals surface area (Å²) in [6.07, 6.45) is 5.69. The predicted molar refractivity (Wildman–Crippen MR) is 102 cm³/mol. The van der Waals surface area contributed by atoms with Crippen LogP contribution in [0.2, 0.25) is 5.15 Å². The summed E-state index contributed by atoms with van der Waals surface area (Å²) in [6.45, 7) is 1.55. The molecular weight excluding hydrogens is 386 g/mol. The fourth-order valence-electron chi connectivity index (χ4n) is 4.30. The largest absolute Gasteiger partial charge is 0.381 e. The highest BCUT2D eigenvalue weighted by Gasteiger charge is 2.53. The lowest BCUT2D eigenvalue weighted by molar-refractivity contribution is 0.00587. The normalized spacial score (nSPS) is 25.0. The smallest absolute Gasteiger partial charge is 0.303 e. The number of methoxy groups -OCH3 is 1. The number of alkyl halides is 2. The molecule has 0 unspecified atom stereocenters. The van der Waals surface area contributed by atoms with Crippen LogP contribution in [0.5, 0.6) is 0 Å². The summed E-state index contributed by atoms with van der Waals surface area (Å²) in [5.41, 5.74) is 2.75. The van der Waals surface area contributed by atoms with E-state index in [1.54, 1.807) is 13.2 Å². The third kappa shape index (κ3) is 2.87. The van der Waals surface area contributed by atoms with E-state index in [1.807, 2.05) is 17.2 Å². The minimum Gasteiger partial charge on any atom is -0.381 e. The Labute approximate surface area is 167 Å². The quantitative estimate of drug-likeness (QED) is 0.688. The van der Waals surface area contributed by atoms with Crippen molar-refractivity contribution >= 4 is 23.1 Å². The zero-order valence-electron chi connectivity index (χ0n) is 15.8. The highest BCUT2D eigenvalue weighted by molar-refractivity contribution is 6.29. The average molecular weight is 407 g/mol. The molecule has 2 aliphatic carbocycles. The highest BCUT2D eigenvalue weighted by Crippen LogP contribution is 2.58. The van der Waals surface area contributed by atoms with Crippen LogP contribution >= 0.6 is 11.6 Å². The maximum absolute atomic E-state index is 14.2. The van der Waals surface area contributed by atoms with Crippen molar-refractivity contribution in [3.8, 4) is 0 Å². The van der Waals surface area contributed by atoms with Crippen molar-refractivity contribution in [2.24, 2.45) is 0 Å². The van der Waals surface area contributed by atoms with Crippen molar-refractivity contribution in [1.82, 2.24) is 15.0 Å². The van der Waals surface area contributed by atoms with E-state index in [0.717, 1.165) is 43.9 Å². The minimum absolute atomic E-state index is 0.0462. The van der Waals surface area contributed by atoms with Gasteiger partial charge in [-0.2, -0.15) is 8.78 Å². The molecule has 3 heterocycles. The lowest BCUT2D eigenvalue weighted by Crippen LogP contribution is -2.30. The molecule has 0 saturated heterocycles. The summed E-state index contributed by atoms with van der Waals surface area (Å²) >= 11 is 6.13. The summed E-state index contributed by atoms with van der Waals surface area (Å²) in [5.74, 6) is -2.91. The molecule has 0 atom stereocenters. The van der Waals surface area contributed by atoms with Gasteiger partial charge in [-0.1, -0.05) is 11.6 Å². The van der Waals surface area contributed by atoms with Gasteiger partial charge in [0.1, 0.15) is 11.0 Å². The third-order valence-corrected chi connectivity index (χ3v) is 6.48. The molecule has 2 fully saturated rings. The van der Waals surface area contributed by atoms with Crippen molar-refractivity contribution in [3.63, 3.8) is 0 Å². The number of rotatable bonds is 4. The van der Waals surface area contributed by atoms with E-state index in [4.69, 9.17) is 16.3 Å². The van der Waals surface area contributed by atoms with Crippen LogP contribution in [0, 0.1) is 0 Å². The molecule has 5 rings (SSSR count). The van der Waals surface area contributed by atoms with Crippen molar-refractivity contribution in [3.05, 3.63) is 40.6 Å². The monoisotopic (exact) mass is 406 g/mol. The van der Waals surface area contributed by atoms with Gasteiger partial charge >= 0.3 is 5.92 Å². The summed E-state index contributed by atoms with van der Waals surface area (Å²) in [6, 6.07) is 3.66. The zero-order valence-corrected chi connectivity index (χ0v) is 16.5. The molecule has 0 amide bonds. The lowest BCUT2D eigenvalue weighted by Gasteiger charge is -2.34. The van der Waals surface area contributed by atoms with Gasteiger partial charge in [-0.3, -0.25) is 0 Å². The number of pyridine rings is 1. The first kappa shape index (κ1) is 18.2. The van der Waals surface area contributed by atoms with Crippen molar-refractivity contribution in [2.45, 2.75) is 56.0 Å². The first-order chi connectivity index (χ1) is 13.3. The Hall–Kier alpha value is -1.86. The molecule has 1 spiro atoms. The van der Waals surface area contributed by atoms with E-state index in [1.165, 1.54) is 0 Å². The van der Waals surface area contributed by atoms with Gasteiger partial charge < -0.3 is 9.64 Å². The number of anilines is 2. The molecule has 0 N–H and O–H groups in total. The number of hydrogen-bond acceptors (Lipinski definition) is 5. The number of halogens is 3. The average Bonchev–Trinajstić information content (AvgIpc) is 3.31. The molecule has 0 aromatic carbocycles. The van der Waals surface area contributed by atoms with Crippen LogP contribution in [-0.2, 0) is 16.1 Å². The summed E-state index contributed by atoms with van der Waals surface area (Å²) in [7, 11) is 1.67. The second-order valence-corrected chi connectivity index (χ2v) is 8.67. The number of fused-ring (bicyclic) bond motifs is 2. The second-order valence-electron chi connectivity index (χ2n) is 8.28. The van der Waals surface area contributed by atoms with Crippen molar-refractivity contribution < 1.29 is 13.5 Å². The van der Waals surface area contributed by atoms with E-state index < -0.39 is 11.7 Å². The van der Waals surface area contributed by atoms with Crippen LogP contribution in [0.1, 0.15) is 55.6 Å². The van der Waals surface area contributed by atoms with Crippen LogP contribution in [0.25, 0.3) is 0 Å². The molecule has 2 aromatic rings. The Morgan fingerprint density at radius 3 is 2.64 bits per heavy atom. The molecule has 28 heavy (non-hydrogen) atoms. The van der Waals surface area contributed by atoms with Crippen molar-refractivity contribution in [2.75, 3.05) is 18.6 Å². The Morgan fingerprint density at radius 1 is 1.25 bits per heavy atom. The molecule has 148 valence electrons. The summed E-state index contributed by atoms with van der Waals surface area (Å²) < 4.78 is 33.6. The fraction of sp³-hybridized carbons (Fsp3) is 0.550. The Kier molecular flexibility index (Phi) is 3.94. The predicted octanol–water partition coefficient (Wildman–Crippen LogP) is 4.71. The van der Waals surface area contributed by atoms with Gasteiger partial charge in [-0.15, -0.1) is 0 Å². The van der Waals surface area contributed by atoms with Gasteiger partial charge in [0.15, 0.2) is 0 Å². The molecule has 8 heteroatoms. The van der Waals surface area contributed by atoms with Crippen LogP contribution in [0.3, 0.4) is 0 Å². The molecule has 3 aliphatic rings. The Balaban J connectivity index is 1.58. The zero-order chi connectivity index (χ0) is 19.7. The fourth-order valence-corrected chi connectivity index (χ4v) is 4.46. The topological polar surface area (TPSA) is 51.1 Å². The summed E-state index contributed by atoms with van der Waals surface area (Å²) in [5, 5.41) is 0.388. The van der Waals surface area contributed by atoms with E-state index >= 15 is 0 Å². The van der Waals surface area contributed by atoms with E-state index in [-0.39, 0.29) is 17.4 Å². The van der Waals surface area contributed by atoms with Gasteiger partial charge in [0.2, 0.25) is 5.82 Å². The molecule has 5 nitrogen and oxygen atoms in total. The maximum atomic E-state index is 14.2. The molecule has 0 radical (unpaired) electrons. The molecule has 2 aromatic heterocycles. The maximum Gasteiger partial charge on any atom is 0.303 e. The number of aromatic nitrogens is 3. The van der Waals surface area contributed by atoms with Crippen LogP contribution in [-0.4, -0.2) is 34.7 Å². The second kappa shape index (κ2) is 6.07. The van der Waals surface area contributed by atoms with E-state index in [2.05, 4.69) is 15.0 Å². The molecule has 2 saturated carbocycles. The molecule has 0 bridgehead atoms. The number of ether oxygens (including phenoxy) is 1. The first-order valence-corrected chi connectivity index (χ1v) is 9.90. The first-order valence-electron chi connectivity index (χ1n) is 9.53. The van der Waals surface area contributed by atoms with Crippen molar-refractivity contribution in [1.29, 1.82) is 0 Å². The molecule has 1 aliphatic heterocycles.